The Morgan fingerprint density at radius 3 is 2.53 bits per heavy atom. The van der Waals surface area contributed by atoms with E-state index in [9.17, 15) is 0 Å². The number of nitrogens with two attached hydrogens (primary N) is 1. The molecular weight excluding hydrogens is 212 g/mol. The molecule has 94 valence electrons. The van der Waals surface area contributed by atoms with E-state index >= 15 is 0 Å². The zero-order valence-corrected chi connectivity index (χ0v) is 10.3. The van der Waals surface area contributed by atoms with Gasteiger partial charge >= 0.3 is 0 Å². The number of nitrogens with zero attached hydrogens (tertiary/aromatic N) is 1. The molecule has 1 aromatic carbocycles. The molecule has 0 amide bonds. The SMILES string of the molecule is NCC(CCOc1ccccc1)N1CCCC1. The van der Waals surface area contributed by atoms with Crippen LogP contribution in [-0.2, 0) is 0 Å². The summed E-state index contributed by atoms with van der Waals surface area (Å²) >= 11 is 0. The van der Waals surface area contributed by atoms with Gasteiger partial charge in [0.1, 0.15) is 5.75 Å². The largest absolute Gasteiger partial charge is 0.494 e. The van der Waals surface area contributed by atoms with Crippen LogP contribution in [-0.4, -0.2) is 37.2 Å². The molecule has 2 rings (SSSR count). The van der Waals surface area contributed by atoms with Gasteiger partial charge in [0.25, 0.3) is 0 Å². The van der Waals surface area contributed by atoms with Crippen molar-refractivity contribution in [2.45, 2.75) is 25.3 Å². The molecule has 1 aromatic rings. The molecular formula is C14H22N2O. The zero-order chi connectivity index (χ0) is 11.9. The number of rotatable bonds is 6. The number of hydrogen-bond donors (Lipinski definition) is 1. The number of para-hydroxylation sites is 1. The second-order valence-corrected chi connectivity index (χ2v) is 4.58. The van der Waals surface area contributed by atoms with Gasteiger partial charge in [-0.25, -0.2) is 0 Å². The van der Waals surface area contributed by atoms with E-state index in [0.29, 0.717) is 6.04 Å². The van der Waals surface area contributed by atoms with Crippen molar-refractivity contribution < 1.29 is 4.74 Å². The third-order valence-corrected chi connectivity index (χ3v) is 3.39. The third kappa shape index (κ3) is 3.72. The van der Waals surface area contributed by atoms with E-state index < -0.39 is 0 Å². The Morgan fingerprint density at radius 2 is 1.88 bits per heavy atom. The second kappa shape index (κ2) is 6.62. The maximum atomic E-state index is 5.83. The van der Waals surface area contributed by atoms with Crippen LogP contribution in [0.4, 0.5) is 0 Å². The van der Waals surface area contributed by atoms with Gasteiger partial charge in [-0.1, -0.05) is 18.2 Å². The molecule has 0 spiro atoms. The molecule has 1 aliphatic rings. The Kier molecular flexibility index (Phi) is 4.83. The van der Waals surface area contributed by atoms with E-state index in [2.05, 4.69) is 4.90 Å². The summed E-state index contributed by atoms with van der Waals surface area (Å²) in [4.78, 5) is 2.49. The van der Waals surface area contributed by atoms with Gasteiger partial charge in [0, 0.05) is 12.6 Å². The van der Waals surface area contributed by atoms with Gasteiger partial charge in [-0.3, -0.25) is 4.90 Å². The molecule has 0 aromatic heterocycles. The Hall–Kier alpha value is -1.06. The highest BCUT2D eigenvalue weighted by Gasteiger charge is 2.20. The molecule has 1 unspecified atom stereocenters. The molecule has 1 atom stereocenters. The smallest absolute Gasteiger partial charge is 0.119 e. The molecule has 17 heavy (non-hydrogen) atoms. The Labute approximate surface area is 104 Å². The maximum Gasteiger partial charge on any atom is 0.119 e. The highest BCUT2D eigenvalue weighted by Crippen LogP contribution is 2.14. The highest BCUT2D eigenvalue weighted by molar-refractivity contribution is 5.20. The van der Waals surface area contributed by atoms with Crippen molar-refractivity contribution in [1.82, 2.24) is 4.90 Å². The maximum absolute atomic E-state index is 5.83. The minimum absolute atomic E-state index is 0.487. The van der Waals surface area contributed by atoms with E-state index in [1.54, 1.807) is 0 Å². The van der Waals surface area contributed by atoms with Crippen LogP contribution in [0.2, 0.25) is 0 Å². The lowest BCUT2D eigenvalue weighted by atomic mass is 10.2. The van der Waals surface area contributed by atoms with Gasteiger partial charge in [0.05, 0.1) is 6.61 Å². The van der Waals surface area contributed by atoms with Crippen LogP contribution in [0.25, 0.3) is 0 Å². The van der Waals surface area contributed by atoms with Crippen molar-refractivity contribution in [1.29, 1.82) is 0 Å². The fraction of sp³-hybridized carbons (Fsp3) is 0.571. The second-order valence-electron chi connectivity index (χ2n) is 4.58. The van der Waals surface area contributed by atoms with Crippen molar-refractivity contribution in [2.24, 2.45) is 5.73 Å². The first kappa shape index (κ1) is 12.4. The average Bonchev–Trinajstić information content (AvgIpc) is 2.90. The van der Waals surface area contributed by atoms with Crippen LogP contribution in [0.3, 0.4) is 0 Å². The monoisotopic (exact) mass is 234 g/mol. The van der Waals surface area contributed by atoms with Crippen LogP contribution in [0.5, 0.6) is 5.75 Å². The highest BCUT2D eigenvalue weighted by atomic mass is 16.5. The molecule has 0 radical (unpaired) electrons. The molecule has 0 saturated carbocycles. The summed E-state index contributed by atoms with van der Waals surface area (Å²) in [6.45, 7) is 3.89. The lowest BCUT2D eigenvalue weighted by Crippen LogP contribution is -2.39. The number of ether oxygens (including phenoxy) is 1. The van der Waals surface area contributed by atoms with Gasteiger partial charge in [-0.15, -0.1) is 0 Å². The topological polar surface area (TPSA) is 38.5 Å². The summed E-state index contributed by atoms with van der Waals surface area (Å²) in [7, 11) is 0. The first-order valence-corrected chi connectivity index (χ1v) is 6.52. The molecule has 1 heterocycles. The van der Waals surface area contributed by atoms with Crippen LogP contribution >= 0.6 is 0 Å². The molecule has 0 aliphatic carbocycles. The quantitative estimate of drug-likeness (QED) is 0.816. The summed E-state index contributed by atoms with van der Waals surface area (Å²) in [5, 5.41) is 0. The van der Waals surface area contributed by atoms with E-state index in [-0.39, 0.29) is 0 Å². The van der Waals surface area contributed by atoms with Gasteiger partial charge in [-0.2, -0.15) is 0 Å². The molecule has 0 bridgehead atoms. The first-order chi connectivity index (χ1) is 8.40. The lowest BCUT2D eigenvalue weighted by molar-refractivity contribution is 0.197. The molecule has 1 aliphatic heterocycles. The van der Waals surface area contributed by atoms with Crippen LogP contribution < -0.4 is 10.5 Å². The van der Waals surface area contributed by atoms with E-state index in [0.717, 1.165) is 25.3 Å². The third-order valence-electron chi connectivity index (χ3n) is 3.39. The average molecular weight is 234 g/mol. The van der Waals surface area contributed by atoms with Crippen molar-refractivity contribution >= 4 is 0 Å². The predicted octanol–water partition coefficient (Wildman–Crippen LogP) is 1.88. The fourth-order valence-electron chi connectivity index (χ4n) is 2.39. The molecule has 3 nitrogen and oxygen atoms in total. The minimum Gasteiger partial charge on any atom is -0.494 e. The number of benzene rings is 1. The van der Waals surface area contributed by atoms with Crippen LogP contribution in [0.15, 0.2) is 30.3 Å². The Morgan fingerprint density at radius 1 is 1.18 bits per heavy atom. The molecule has 3 heteroatoms. The summed E-state index contributed by atoms with van der Waals surface area (Å²) in [6.07, 6.45) is 3.65. The number of hydrogen-bond acceptors (Lipinski definition) is 3. The molecule has 1 fully saturated rings. The van der Waals surface area contributed by atoms with E-state index in [1.807, 2.05) is 30.3 Å². The summed E-state index contributed by atoms with van der Waals surface area (Å²) in [5.41, 5.74) is 5.83. The zero-order valence-electron chi connectivity index (χ0n) is 10.3. The van der Waals surface area contributed by atoms with E-state index in [1.165, 1.54) is 25.9 Å². The minimum atomic E-state index is 0.487. The predicted molar refractivity (Wildman–Crippen MR) is 70.2 cm³/mol. The van der Waals surface area contributed by atoms with Gasteiger partial charge in [0.2, 0.25) is 0 Å². The molecule has 1 saturated heterocycles. The van der Waals surface area contributed by atoms with Crippen LogP contribution in [0.1, 0.15) is 19.3 Å². The number of likely N-dealkylation sites (tertiary alicyclic amines) is 1. The van der Waals surface area contributed by atoms with E-state index in [4.69, 9.17) is 10.5 Å². The first-order valence-electron chi connectivity index (χ1n) is 6.52. The summed E-state index contributed by atoms with van der Waals surface area (Å²) in [6, 6.07) is 10.5. The van der Waals surface area contributed by atoms with Crippen molar-refractivity contribution in [2.75, 3.05) is 26.2 Å². The Balaban J connectivity index is 1.72. The van der Waals surface area contributed by atoms with Gasteiger partial charge in [0.15, 0.2) is 0 Å². The summed E-state index contributed by atoms with van der Waals surface area (Å²) in [5.74, 6) is 0.949. The molecule has 2 N–H and O–H groups in total. The van der Waals surface area contributed by atoms with Gasteiger partial charge in [-0.05, 0) is 44.5 Å². The Bertz CT molecular complexity index is 309. The standard InChI is InChI=1S/C14H22N2O/c15-12-13(16-9-4-5-10-16)8-11-17-14-6-2-1-3-7-14/h1-3,6-7,13H,4-5,8-12,15H2. The lowest BCUT2D eigenvalue weighted by Gasteiger charge is -2.26. The van der Waals surface area contributed by atoms with Gasteiger partial charge < -0.3 is 10.5 Å². The van der Waals surface area contributed by atoms with Crippen molar-refractivity contribution in [3.8, 4) is 5.75 Å². The normalized spacial score (nSPS) is 18.2. The van der Waals surface area contributed by atoms with Crippen LogP contribution in [0, 0.1) is 0 Å². The van der Waals surface area contributed by atoms with Crippen molar-refractivity contribution in [3.63, 3.8) is 0 Å². The summed E-state index contributed by atoms with van der Waals surface area (Å²) < 4.78 is 5.72. The van der Waals surface area contributed by atoms with Crippen molar-refractivity contribution in [3.05, 3.63) is 30.3 Å². The fourth-order valence-corrected chi connectivity index (χ4v) is 2.39.